The molecule has 0 saturated heterocycles. The third kappa shape index (κ3) is 3.39. The van der Waals surface area contributed by atoms with Gasteiger partial charge in [0, 0.05) is 24.9 Å². The molecule has 0 bridgehead atoms. The molecule has 0 spiro atoms. The van der Waals surface area contributed by atoms with Crippen LogP contribution in [0.15, 0.2) is 21.7 Å². The van der Waals surface area contributed by atoms with Crippen LogP contribution in [-0.4, -0.2) is 28.0 Å². The van der Waals surface area contributed by atoms with Gasteiger partial charge in [-0.05, 0) is 22.9 Å². The van der Waals surface area contributed by atoms with Gasteiger partial charge < -0.3 is 10.6 Å². The standard InChI is InChI=1S/C11H14BrN5S/c1-2-13-10-9(12)11(16-6-15-10)14-4-3-8-5-18-7-17-8/h5-7H,2-4H2,1H3,(H2,13,14,15,16). The lowest BCUT2D eigenvalue weighted by molar-refractivity contribution is 0.961. The van der Waals surface area contributed by atoms with Gasteiger partial charge in [0.05, 0.1) is 11.2 Å². The van der Waals surface area contributed by atoms with Crippen molar-refractivity contribution in [2.45, 2.75) is 13.3 Å². The van der Waals surface area contributed by atoms with Crippen molar-refractivity contribution in [3.63, 3.8) is 0 Å². The predicted molar refractivity (Wildman–Crippen MR) is 78.2 cm³/mol. The lowest BCUT2D eigenvalue weighted by Gasteiger charge is -2.10. The molecule has 2 N–H and O–H groups in total. The quantitative estimate of drug-likeness (QED) is 0.854. The maximum absolute atomic E-state index is 4.24. The van der Waals surface area contributed by atoms with E-state index in [0.29, 0.717) is 0 Å². The Morgan fingerprint density at radius 3 is 2.67 bits per heavy atom. The number of rotatable bonds is 6. The molecule has 0 atom stereocenters. The van der Waals surface area contributed by atoms with Crippen LogP contribution in [0.1, 0.15) is 12.6 Å². The third-order valence-electron chi connectivity index (χ3n) is 2.29. The minimum atomic E-state index is 0.797. The Balaban J connectivity index is 1.94. The monoisotopic (exact) mass is 327 g/mol. The molecule has 0 aromatic carbocycles. The molecule has 0 aliphatic heterocycles. The number of nitrogens with one attached hydrogen (secondary N) is 2. The minimum absolute atomic E-state index is 0.797. The number of anilines is 2. The van der Waals surface area contributed by atoms with Crippen molar-refractivity contribution in [3.8, 4) is 0 Å². The number of nitrogens with zero attached hydrogens (tertiary/aromatic N) is 3. The summed E-state index contributed by atoms with van der Waals surface area (Å²) in [7, 11) is 0. The summed E-state index contributed by atoms with van der Waals surface area (Å²) in [6, 6.07) is 0. The van der Waals surface area contributed by atoms with Gasteiger partial charge in [-0.1, -0.05) is 0 Å². The van der Waals surface area contributed by atoms with Crippen LogP contribution in [0.4, 0.5) is 11.6 Å². The number of thiazole rings is 1. The molecule has 0 saturated carbocycles. The molecule has 7 heteroatoms. The summed E-state index contributed by atoms with van der Waals surface area (Å²) in [6.45, 7) is 3.66. The molecule has 0 amide bonds. The van der Waals surface area contributed by atoms with Crippen LogP contribution < -0.4 is 10.6 Å². The third-order valence-corrected chi connectivity index (χ3v) is 3.68. The molecular formula is C11H14BrN5S. The molecule has 0 fully saturated rings. The molecule has 0 aliphatic carbocycles. The zero-order valence-corrected chi connectivity index (χ0v) is 12.4. The summed E-state index contributed by atoms with van der Waals surface area (Å²) >= 11 is 5.11. The van der Waals surface area contributed by atoms with Crippen LogP contribution in [0.2, 0.25) is 0 Å². The first kappa shape index (κ1) is 13.2. The largest absolute Gasteiger partial charge is 0.369 e. The van der Waals surface area contributed by atoms with Crippen LogP contribution in [0, 0.1) is 0 Å². The van der Waals surface area contributed by atoms with Crippen molar-refractivity contribution < 1.29 is 0 Å². The molecular weight excluding hydrogens is 314 g/mol. The second-order valence-electron chi connectivity index (χ2n) is 3.57. The Morgan fingerprint density at radius 2 is 2.00 bits per heavy atom. The first-order valence-electron chi connectivity index (χ1n) is 5.66. The van der Waals surface area contributed by atoms with Crippen molar-refractivity contribution in [1.82, 2.24) is 15.0 Å². The zero-order valence-electron chi connectivity index (χ0n) is 9.98. The summed E-state index contributed by atoms with van der Waals surface area (Å²) < 4.78 is 0.866. The van der Waals surface area contributed by atoms with Gasteiger partial charge in [-0.3, -0.25) is 0 Å². The second-order valence-corrected chi connectivity index (χ2v) is 5.08. The van der Waals surface area contributed by atoms with Crippen molar-refractivity contribution in [2.75, 3.05) is 23.7 Å². The highest BCUT2D eigenvalue weighted by molar-refractivity contribution is 9.10. The average molecular weight is 328 g/mol. The highest BCUT2D eigenvalue weighted by Gasteiger charge is 2.07. The van der Waals surface area contributed by atoms with E-state index >= 15 is 0 Å². The topological polar surface area (TPSA) is 62.7 Å². The summed E-state index contributed by atoms with van der Waals surface area (Å²) in [6.07, 6.45) is 2.43. The average Bonchev–Trinajstić information content (AvgIpc) is 2.87. The van der Waals surface area contributed by atoms with Crippen molar-refractivity contribution in [1.29, 1.82) is 0 Å². The van der Waals surface area contributed by atoms with E-state index in [1.54, 1.807) is 17.7 Å². The Morgan fingerprint density at radius 1 is 1.22 bits per heavy atom. The van der Waals surface area contributed by atoms with Crippen molar-refractivity contribution in [2.24, 2.45) is 0 Å². The van der Waals surface area contributed by atoms with E-state index in [4.69, 9.17) is 0 Å². The molecule has 2 aromatic heterocycles. The van der Waals surface area contributed by atoms with E-state index in [0.717, 1.165) is 41.3 Å². The van der Waals surface area contributed by atoms with E-state index in [1.165, 1.54) is 0 Å². The molecule has 0 aliphatic rings. The van der Waals surface area contributed by atoms with E-state index in [2.05, 4.69) is 46.9 Å². The van der Waals surface area contributed by atoms with Gasteiger partial charge in [-0.15, -0.1) is 11.3 Å². The summed E-state index contributed by atoms with van der Waals surface area (Å²) in [5.74, 6) is 1.61. The number of aromatic nitrogens is 3. The van der Waals surface area contributed by atoms with Crippen LogP contribution in [0.5, 0.6) is 0 Å². The van der Waals surface area contributed by atoms with Crippen LogP contribution >= 0.6 is 27.3 Å². The van der Waals surface area contributed by atoms with Gasteiger partial charge >= 0.3 is 0 Å². The van der Waals surface area contributed by atoms with Crippen LogP contribution in [-0.2, 0) is 6.42 Å². The smallest absolute Gasteiger partial charge is 0.145 e. The predicted octanol–water partition coefficient (Wildman–Crippen LogP) is 2.78. The van der Waals surface area contributed by atoms with Gasteiger partial charge in [-0.25, -0.2) is 15.0 Å². The van der Waals surface area contributed by atoms with Crippen LogP contribution in [0.3, 0.4) is 0 Å². The van der Waals surface area contributed by atoms with Gasteiger partial charge in [0.2, 0.25) is 0 Å². The maximum Gasteiger partial charge on any atom is 0.145 e. The molecule has 0 unspecified atom stereocenters. The maximum atomic E-state index is 4.24. The van der Waals surface area contributed by atoms with E-state index in [9.17, 15) is 0 Å². The first-order chi connectivity index (χ1) is 8.81. The Labute approximate surface area is 118 Å². The molecule has 96 valence electrons. The van der Waals surface area contributed by atoms with E-state index in [1.807, 2.05) is 12.4 Å². The molecule has 2 aromatic rings. The van der Waals surface area contributed by atoms with Crippen molar-refractivity contribution in [3.05, 3.63) is 27.4 Å². The highest BCUT2D eigenvalue weighted by atomic mass is 79.9. The van der Waals surface area contributed by atoms with Gasteiger partial charge in [0.1, 0.15) is 22.4 Å². The summed E-state index contributed by atoms with van der Waals surface area (Å²) in [4.78, 5) is 12.6. The fourth-order valence-electron chi connectivity index (χ4n) is 1.45. The number of hydrogen-bond acceptors (Lipinski definition) is 6. The minimum Gasteiger partial charge on any atom is -0.369 e. The molecule has 2 rings (SSSR count). The van der Waals surface area contributed by atoms with E-state index in [-0.39, 0.29) is 0 Å². The molecule has 0 radical (unpaired) electrons. The van der Waals surface area contributed by atoms with Gasteiger partial charge in [-0.2, -0.15) is 0 Å². The lowest BCUT2D eigenvalue weighted by atomic mass is 10.3. The SMILES string of the molecule is CCNc1ncnc(NCCc2cscn2)c1Br. The fourth-order valence-corrected chi connectivity index (χ4v) is 2.53. The second kappa shape index (κ2) is 6.65. The Bertz CT molecular complexity index is 488. The highest BCUT2D eigenvalue weighted by Crippen LogP contribution is 2.26. The van der Waals surface area contributed by atoms with Crippen LogP contribution in [0.25, 0.3) is 0 Å². The fraction of sp³-hybridized carbons (Fsp3) is 0.364. The zero-order chi connectivity index (χ0) is 12.8. The van der Waals surface area contributed by atoms with E-state index < -0.39 is 0 Å². The lowest BCUT2D eigenvalue weighted by Crippen LogP contribution is -2.09. The van der Waals surface area contributed by atoms with Gasteiger partial charge in [0.15, 0.2) is 0 Å². The number of hydrogen-bond donors (Lipinski definition) is 2. The van der Waals surface area contributed by atoms with Crippen molar-refractivity contribution >= 4 is 38.9 Å². The Hall–Kier alpha value is -1.21. The molecule has 18 heavy (non-hydrogen) atoms. The summed E-state index contributed by atoms with van der Waals surface area (Å²) in [5.41, 5.74) is 2.95. The molecule has 2 heterocycles. The Kier molecular flexibility index (Phi) is 4.89. The molecule has 5 nitrogen and oxygen atoms in total. The number of halogens is 1. The summed E-state index contributed by atoms with van der Waals surface area (Å²) in [5, 5.41) is 8.50. The normalized spacial score (nSPS) is 10.3. The first-order valence-corrected chi connectivity index (χ1v) is 7.40. The van der Waals surface area contributed by atoms with Gasteiger partial charge in [0.25, 0.3) is 0 Å².